The highest BCUT2D eigenvalue weighted by molar-refractivity contribution is 6.07. The average molecular weight is 385 g/mol. The third-order valence-corrected chi connectivity index (χ3v) is 6.46. The van der Waals surface area contributed by atoms with Gasteiger partial charge in [-0.1, -0.05) is 43.9 Å². The fourth-order valence-electron chi connectivity index (χ4n) is 4.97. The van der Waals surface area contributed by atoms with E-state index in [4.69, 9.17) is 0 Å². The molecule has 0 bridgehead atoms. The molecule has 6 nitrogen and oxygen atoms in total. The Morgan fingerprint density at radius 2 is 1.68 bits per heavy atom. The van der Waals surface area contributed by atoms with Gasteiger partial charge in [-0.25, -0.2) is 9.69 Å². The van der Waals surface area contributed by atoms with Crippen LogP contribution in [0.5, 0.6) is 0 Å². The summed E-state index contributed by atoms with van der Waals surface area (Å²) in [6, 6.07) is 8.26. The number of hydrogen-bond donors (Lipinski definition) is 1. The molecule has 1 aromatic carbocycles. The van der Waals surface area contributed by atoms with Crippen molar-refractivity contribution in [3.05, 3.63) is 29.8 Å². The largest absolute Gasteiger partial charge is 0.371 e. The summed E-state index contributed by atoms with van der Waals surface area (Å²) < 4.78 is 0. The molecule has 0 atom stereocenters. The second kappa shape index (κ2) is 8.11. The predicted molar refractivity (Wildman–Crippen MR) is 110 cm³/mol. The average Bonchev–Trinajstić information content (AvgIpc) is 3.21. The second-order valence-corrected chi connectivity index (χ2v) is 8.64. The molecule has 0 aromatic heterocycles. The fourth-order valence-corrected chi connectivity index (χ4v) is 4.97. The van der Waals surface area contributed by atoms with Crippen molar-refractivity contribution in [1.29, 1.82) is 0 Å². The van der Waals surface area contributed by atoms with Crippen LogP contribution in [0.15, 0.2) is 24.3 Å². The molecular weight excluding hydrogens is 352 g/mol. The molecule has 3 aliphatic rings. The molecule has 152 valence electrons. The molecule has 3 fully saturated rings. The molecule has 1 spiro atoms. The van der Waals surface area contributed by atoms with E-state index in [1.54, 1.807) is 0 Å². The molecule has 6 heteroatoms. The molecule has 0 unspecified atom stereocenters. The zero-order valence-corrected chi connectivity index (χ0v) is 17.0. The number of amides is 3. The van der Waals surface area contributed by atoms with E-state index >= 15 is 0 Å². The summed E-state index contributed by atoms with van der Waals surface area (Å²) in [6.07, 6.45) is 8.36. The van der Waals surface area contributed by atoms with E-state index in [2.05, 4.69) is 39.4 Å². The normalized spacial score (nSPS) is 22.2. The minimum Gasteiger partial charge on any atom is -0.371 e. The molecule has 1 N–H and O–H groups in total. The van der Waals surface area contributed by atoms with Gasteiger partial charge < -0.3 is 10.2 Å². The first-order valence-electron chi connectivity index (χ1n) is 10.7. The van der Waals surface area contributed by atoms with E-state index in [0.717, 1.165) is 58.2 Å². The predicted octanol–water partition coefficient (Wildman–Crippen LogP) is 3.32. The van der Waals surface area contributed by atoms with Gasteiger partial charge in [0.05, 0.1) is 6.67 Å². The Labute approximate surface area is 167 Å². The smallest absolute Gasteiger partial charge is 0.326 e. The van der Waals surface area contributed by atoms with Crippen LogP contribution in [0.4, 0.5) is 10.5 Å². The minimum absolute atomic E-state index is 0.0286. The second-order valence-electron chi connectivity index (χ2n) is 8.64. The first-order chi connectivity index (χ1) is 13.6. The number of nitrogens with zero attached hydrogens (tertiary/aromatic N) is 3. The summed E-state index contributed by atoms with van der Waals surface area (Å²) in [6.45, 7) is 3.27. The molecule has 2 saturated heterocycles. The van der Waals surface area contributed by atoms with Crippen molar-refractivity contribution in [3.8, 4) is 0 Å². The van der Waals surface area contributed by atoms with Crippen LogP contribution in [0.1, 0.15) is 56.9 Å². The van der Waals surface area contributed by atoms with Gasteiger partial charge in [-0.3, -0.25) is 9.69 Å². The van der Waals surface area contributed by atoms with Crippen molar-refractivity contribution >= 4 is 17.6 Å². The maximum atomic E-state index is 13.1. The topological polar surface area (TPSA) is 55.9 Å². The molecule has 2 aliphatic heterocycles. The molecule has 3 amide bonds. The Morgan fingerprint density at radius 3 is 2.39 bits per heavy atom. The molecule has 1 aromatic rings. The number of nitrogens with one attached hydrogen (secondary N) is 1. The van der Waals surface area contributed by atoms with Gasteiger partial charge in [-0.15, -0.1) is 0 Å². The lowest BCUT2D eigenvalue weighted by Gasteiger charge is -2.27. The van der Waals surface area contributed by atoms with Gasteiger partial charge in [-0.05, 0) is 44.4 Å². The maximum absolute atomic E-state index is 13.1. The summed E-state index contributed by atoms with van der Waals surface area (Å²) in [5, 5.41) is 3.04. The molecular formula is C22H32N4O2. The summed E-state index contributed by atoms with van der Waals surface area (Å²) in [7, 11) is 1.99. The number of urea groups is 1. The number of hydrogen-bond acceptors (Lipinski definition) is 4. The number of anilines is 1. The van der Waals surface area contributed by atoms with Crippen molar-refractivity contribution in [3.63, 3.8) is 0 Å². The Balaban J connectivity index is 1.43. The Morgan fingerprint density at radius 1 is 1.00 bits per heavy atom. The minimum atomic E-state index is -0.651. The van der Waals surface area contributed by atoms with Crippen LogP contribution in [0.2, 0.25) is 0 Å². The Bertz CT molecular complexity index is 721. The Hall–Kier alpha value is -2.08. The molecule has 2 heterocycles. The third-order valence-electron chi connectivity index (χ3n) is 6.46. The van der Waals surface area contributed by atoms with Gasteiger partial charge in [0, 0.05) is 25.3 Å². The van der Waals surface area contributed by atoms with E-state index < -0.39 is 5.54 Å². The molecule has 1 aliphatic carbocycles. The number of carbonyl (C=O) groups is 2. The van der Waals surface area contributed by atoms with Crippen LogP contribution < -0.4 is 10.2 Å². The third kappa shape index (κ3) is 3.75. The monoisotopic (exact) mass is 384 g/mol. The highest BCUT2D eigenvalue weighted by atomic mass is 16.2. The lowest BCUT2D eigenvalue weighted by Crippen LogP contribution is -2.47. The van der Waals surface area contributed by atoms with Crippen molar-refractivity contribution in [2.45, 2.75) is 63.5 Å². The summed E-state index contributed by atoms with van der Waals surface area (Å²) in [5.74, 6) is -0.0286. The van der Waals surface area contributed by atoms with Crippen molar-refractivity contribution in [2.24, 2.45) is 0 Å². The van der Waals surface area contributed by atoms with Gasteiger partial charge in [0.1, 0.15) is 5.54 Å². The molecule has 1 saturated carbocycles. The SMILES string of the molecule is CN(Cc1ccccc1N1CCCC1)CN1C(=O)NC2(CCCCCC2)C1=O. The molecule has 4 rings (SSSR count). The quantitative estimate of drug-likeness (QED) is 0.792. The first-order valence-corrected chi connectivity index (χ1v) is 10.7. The van der Waals surface area contributed by atoms with Gasteiger partial charge in [0.15, 0.2) is 0 Å². The first kappa shape index (κ1) is 19.2. The van der Waals surface area contributed by atoms with E-state index in [1.807, 2.05) is 7.05 Å². The number of para-hydroxylation sites is 1. The van der Waals surface area contributed by atoms with Gasteiger partial charge in [0.2, 0.25) is 0 Å². The number of benzene rings is 1. The van der Waals surface area contributed by atoms with Crippen LogP contribution >= 0.6 is 0 Å². The highest BCUT2D eigenvalue weighted by Crippen LogP contribution is 2.33. The number of carbonyl (C=O) groups excluding carboxylic acids is 2. The van der Waals surface area contributed by atoms with Crippen molar-refractivity contribution in [1.82, 2.24) is 15.1 Å². The van der Waals surface area contributed by atoms with E-state index in [9.17, 15) is 9.59 Å². The summed E-state index contributed by atoms with van der Waals surface area (Å²) in [5.41, 5.74) is 1.88. The standard InChI is InChI=1S/C22H32N4O2/c1-24(16-18-10-4-5-11-19(18)25-14-8-9-15-25)17-26-20(27)22(23-21(26)28)12-6-2-3-7-13-22/h4-5,10-11H,2-3,6-9,12-17H2,1H3,(H,23,28). The van der Waals surface area contributed by atoms with Gasteiger partial charge in [0.25, 0.3) is 5.91 Å². The Kier molecular flexibility index (Phi) is 5.58. The number of imide groups is 1. The fraction of sp³-hybridized carbons (Fsp3) is 0.636. The van der Waals surface area contributed by atoms with E-state index in [-0.39, 0.29) is 11.9 Å². The molecule has 28 heavy (non-hydrogen) atoms. The van der Waals surface area contributed by atoms with Crippen LogP contribution in [-0.2, 0) is 11.3 Å². The van der Waals surface area contributed by atoms with Crippen LogP contribution in [0, 0.1) is 0 Å². The lowest BCUT2D eigenvalue weighted by atomic mass is 9.90. The zero-order chi connectivity index (χ0) is 19.6. The van der Waals surface area contributed by atoms with E-state index in [1.165, 1.54) is 29.0 Å². The molecule has 0 radical (unpaired) electrons. The van der Waals surface area contributed by atoms with Gasteiger partial charge in [-0.2, -0.15) is 0 Å². The van der Waals surface area contributed by atoms with Crippen LogP contribution in [0.25, 0.3) is 0 Å². The van der Waals surface area contributed by atoms with Crippen molar-refractivity contribution < 1.29 is 9.59 Å². The van der Waals surface area contributed by atoms with Crippen LogP contribution in [0.3, 0.4) is 0 Å². The van der Waals surface area contributed by atoms with Gasteiger partial charge >= 0.3 is 6.03 Å². The van der Waals surface area contributed by atoms with Crippen LogP contribution in [-0.4, -0.2) is 54.1 Å². The lowest BCUT2D eigenvalue weighted by molar-refractivity contribution is -0.133. The zero-order valence-electron chi connectivity index (χ0n) is 17.0. The van der Waals surface area contributed by atoms with E-state index in [0.29, 0.717) is 6.67 Å². The maximum Gasteiger partial charge on any atom is 0.326 e. The summed E-state index contributed by atoms with van der Waals surface area (Å²) >= 11 is 0. The van der Waals surface area contributed by atoms with Crippen molar-refractivity contribution in [2.75, 3.05) is 31.7 Å². The number of rotatable bonds is 5. The highest BCUT2D eigenvalue weighted by Gasteiger charge is 2.50. The summed E-state index contributed by atoms with van der Waals surface area (Å²) in [4.78, 5) is 31.6.